The van der Waals surface area contributed by atoms with E-state index in [1.807, 2.05) is 18.3 Å². The van der Waals surface area contributed by atoms with Crippen molar-refractivity contribution < 1.29 is 4.74 Å². The van der Waals surface area contributed by atoms with E-state index in [1.54, 1.807) is 0 Å². The van der Waals surface area contributed by atoms with Crippen LogP contribution < -0.4 is 9.64 Å². The van der Waals surface area contributed by atoms with E-state index >= 15 is 0 Å². The first kappa shape index (κ1) is 26.8. The molecule has 0 aliphatic carbocycles. The van der Waals surface area contributed by atoms with Crippen molar-refractivity contribution in [3.63, 3.8) is 0 Å². The minimum Gasteiger partial charge on any atom is -0.457 e. The van der Waals surface area contributed by atoms with E-state index in [9.17, 15) is 0 Å². The van der Waals surface area contributed by atoms with E-state index in [2.05, 4.69) is 120 Å². The van der Waals surface area contributed by atoms with Gasteiger partial charge in [0.15, 0.2) is 0 Å². The average Bonchev–Trinajstić information content (AvgIpc) is 3.32. The van der Waals surface area contributed by atoms with Crippen LogP contribution in [0.1, 0.15) is 76.8 Å². The molecule has 0 atom stereocenters. The highest BCUT2D eigenvalue weighted by Gasteiger charge is 2.31. The van der Waals surface area contributed by atoms with Gasteiger partial charge in [0.2, 0.25) is 0 Å². The molecular formula is C33H41N5O. The van der Waals surface area contributed by atoms with Crippen LogP contribution >= 0.6 is 0 Å². The maximum Gasteiger partial charge on any atom is 0.141 e. The van der Waals surface area contributed by atoms with Crippen molar-refractivity contribution in [1.82, 2.24) is 19.3 Å². The largest absolute Gasteiger partial charge is 0.457 e. The molecule has 0 saturated carbocycles. The summed E-state index contributed by atoms with van der Waals surface area (Å²) >= 11 is 0. The molecule has 0 bridgehead atoms. The Bertz CT molecular complexity index is 1590. The van der Waals surface area contributed by atoms with Gasteiger partial charge in [-0.1, -0.05) is 26.8 Å². The number of aryl methyl sites for hydroxylation is 2. The van der Waals surface area contributed by atoms with Gasteiger partial charge in [-0.25, -0.2) is 4.98 Å². The highest BCUT2D eigenvalue weighted by molar-refractivity contribution is 5.58. The number of anilines is 1. The van der Waals surface area contributed by atoms with Crippen LogP contribution in [0, 0.1) is 13.8 Å². The van der Waals surface area contributed by atoms with E-state index in [0.29, 0.717) is 0 Å². The molecule has 204 valence electrons. The van der Waals surface area contributed by atoms with Gasteiger partial charge in [0.05, 0.1) is 18.1 Å². The van der Waals surface area contributed by atoms with Crippen LogP contribution in [0.25, 0.3) is 5.65 Å². The second-order valence-electron chi connectivity index (χ2n) is 12.4. The van der Waals surface area contributed by atoms with Gasteiger partial charge in [-0.2, -0.15) is 0 Å². The molecule has 0 amide bonds. The summed E-state index contributed by atoms with van der Waals surface area (Å²) in [6.07, 6.45) is 1.93. The van der Waals surface area contributed by atoms with Crippen LogP contribution in [0.5, 0.6) is 11.5 Å². The molecule has 5 rings (SSSR count). The smallest absolute Gasteiger partial charge is 0.141 e. The fourth-order valence-corrected chi connectivity index (χ4v) is 5.32. The summed E-state index contributed by atoms with van der Waals surface area (Å²) in [5, 5.41) is 0. The number of ether oxygens (including phenoxy) is 1. The maximum atomic E-state index is 6.54. The van der Waals surface area contributed by atoms with Crippen LogP contribution in [0.2, 0.25) is 0 Å². The molecule has 3 aromatic heterocycles. The predicted octanol–water partition coefficient (Wildman–Crippen LogP) is 7.72. The number of pyridine rings is 2. The third kappa shape index (κ3) is 4.77. The Kier molecular flexibility index (Phi) is 6.48. The molecule has 0 spiro atoms. The third-order valence-electron chi connectivity index (χ3n) is 8.29. The summed E-state index contributed by atoms with van der Waals surface area (Å²) in [6, 6.07) is 16.9. The highest BCUT2D eigenvalue weighted by atomic mass is 16.5. The molecule has 1 aromatic carbocycles. The fourth-order valence-electron chi connectivity index (χ4n) is 5.32. The molecule has 1 aliphatic heterocycles. The molecule has 1 aliphatic rings. The maximum absolute atomic E-state index is 6.54. The molecule has 0 fully saturated rings. The zero-order valence-corrected chi connectivity index (χ0v) is 25.0. The van der Waals surface area contributed by atoms with Crippen molar-refractivity contribution in [2.75, 3.05) is 18.6 Å². The SMILES string of the molecule is CC1=C(C)N(c2cccc(Oc3cc(C(C)(C)c4cc(C(C)(C)C)ccn4)n4c(C)c(C)nc4c3)c2)CN1C. The topological polar surface area (TPSA) is 45.9 Å². The number of benzene rings is 1. The van der Waals surface area contributed by atoms with Crippen LogP contribution in [0.4, 0.5) is 5.69 Å². The second kappa shape index (κ2) is 9.44. The molecule has 0 N–H and O–H groups in total. The molecule has 6 heteroatoms. The number of aromatic nitrogens is 3. The first-order chi connectivity index (χ1) is 18.3. The van der Waals surface area contributed by atoms with Gasteiger partial charge in [-0.15, -0.1) is 0 Å². The number of fused-ring (bicyclic) bond motifs is 1. The summed E-state index contributed by atoms with van der Waals surface area (Å²) in [6.45, 7) is 20.5. The van der Waals surface area contributed by atoms with Crippen LogP contribution in [-0.4, -0.2) is 33.0 Å². The predicted molar refractivity (Wildman–Crippen MR) is 160 cm³/mol. The minimum absolute atomic E-state index is 0.0385. The Hall–Kier alpha value is -3.80. The van der Waals surface area contributed by atoms with Gasteiger partial charge in [-0.05, 0) is 76.8 Å². The molecule has 0 unspecified atom stereocenters. The minimum atomic E-state index is -0.391. The Morgan fingerprint density at radius 1 is 0.846 bits per heavy atom. The van der Waals surface area contributed by atoms with Crippen molar-refractivity contribution in [3.05, 3.63) is 94.5 Å². The Labute approximate surface area is 233 Å². The average molecular weight is 524 g/mol. The molecular weight excluding hydrogens is 482 g/mol. The number of nitrogens with zero attached hydrogens (tertiary/aromatic N) is 5. The van der Waals surface area contributed by atoms with E-state index in [4.69, 9.17) is 14.7 Å². The Morgan fingerprint density at radius 2 is 1.59 bits per heavy atom. The van der Waals surface area contributed by atoms with Crippen LogP contribution in [-0.2, 0) is 10.8 Å². The van der Waals surface area contributed by atoms with E-state index in [-0.39, 0.29) is 5.41 Å². The molecule has 0 saturated heterocycles. The fraction of sp³-hybridized carbons (Fsp3) is 0.394. The van der Waals surface area contributed by atoms with E-state index < -0.39 is 5.41 Å². The number of rotatable bonds is 5. The number of hydrogen-bond donors (Lipinski definition) is 0. The molecule has 6 nitrogen and oxygen atoms in total. The lowest BCUT2D eigenvalue weighted by molar-refractivity contribution is 0.458. The third-order valence-corrected chi connectivity index (χ3v) is 8.29. The zero-order chi connectivity index (χ0) is 28.3. The van der Waals surface area contributed by atoms with Gasteiger partial charge in [0.1, 0.15) is 17.1 Å². The Morgan fingerprint density at radius 3 is 2.26 bits per heavy atom. The lowest BCUT2D eigenvalue weighted by Gasteiger charge is -2.29. The molecule has 4 heterocycles. The quantitative estimate of drug-likeness (QED) is 0.268. The summed E-state index contributed by atoms with van der Waals surface area (Å²) in [5.74, 6) is 1.56. The Balaban J connectivity index is 1.58. The monoisotopic (exact) mass is 523 g/mol. The summed E-state index contributed by atoms with van der Waals surface area (Å²) in [7, 11) is 2.12. The van der Waals surface area contributed by atoms with E-state index in [1.165, 1.54) is 17.0 Å². The van der Waals surface area contributed by atoms with Crippen molar-refractivity contribution in [2.45, 2.75) is 73.1 Å². The number of hydrogen-bond acceptors (Lipinski definition) is 5. The summed E-state index contributed by atoms with van der Waals surface area (Å²) in [5.41, 5.74) is 9.72. The van der Waals surface area contributed by atoms with Crippen molar-refractivity contribution in [2.24, 2.45) is 0 Å². The summed E-state index contributed by atoms with van der Waals surface area (Å²) in [4.78, 5) is 14.3. The second-order valence-corrected chi connectivity index (χ2v) is 12.4. The number of allylic oxidation sites excluding steroid dienone is 2. The van der Waals surface area contributed by atoms with Crippen LogP contribution in [0.3, 0.4) is 0 Å². The van der Waals surface area contributed by atoms with Crippen LogP contribution in [0.15, 0.2) is 66.1 Å². The van der Waals surface area contributed by atoms with Crippen molar-refractivity contribution >= 4 is 11.3 Å². The van der Waals surface area contributed by atoms with Gasteiger partial charge >= 0.3 is 0 Å². The highest BCUT2D eigenvalue weighted by Crippen LogP contribution is 2.38. The first-order valence-corrected chi connectivity index (χ1v) is 13.7. The molecule has 39 heavy (non-hydrogen) atoms. The van der Waals surface area contributed by atoms with Gasteiger partial charge < -0.3 is 14.5 Å². The van der Waals surface area contributed by atoms with Gasteiger partial charge in [0, 0.05) is 65.3 Å². The lowest BCUT2D eigenvalue weighted by atomic mass is 9.80. The van der Waals surface area contributed by atoms with E-state index in [0.717, 1.165) is 52.3 Å². The summed E-state index contributed by atoms with van der Waals surface area (Å²) < 4.78 is 8.80. The lowest BCUT2D eigenvalue weighted by Crippen LogP contribution is -2.25. The molecule has 0 radical (unpaired) electrons. The zero-order valence-electron chi connectivity index (χ0n) is 25.0. The van der Waals surface area contributed by atoms with Gasteiger partial charge in [0.25, 0.3) is 0 Å². The normalized spacial score (nSPS) is 14.6. The van der Waals surface area contributed by atoms with Gasteiger partial charge in [-0.3, -0.25) is 9.38 Å². The molecule has 4 aromatic rings. The number of imidazole rings is 1. The van der Waals surface area contributed by atoms with Crippen molar-refractivity contribution in [1.29, 1.82) is 0 Å². The standard InChI is InChI=1S/C33H41N5O/c1-21-22(2)38-30(33(8,9)29-16-25(14-15-34-29)32(5,6)7)18-28(19-31(38)35-21)39-27-13-11-12-26(17-27)37-20-36(10)23(3)24(37)4/h11-19H,20H2,1-10H3. The first-order valence-electron chi connectivity index (χ1n) is 13.7. The van der Waals surface area contributed by atoms with Crippen molar-refractivity contribution in [3.8, 4) is 11.5 Å².